The Hall–Kier alpha value is -2.70. The van der Waals surface area contributed by atoms with Gasteiger partial charge in [0.1, 0.15) is 35.5 Å². The number of hydrogen-bond donors (Lipinski definition) is 2. The summed E-state index contributed by atoms with van der Waals surface area (Å²) in [5.74, 6) is 3.61. The van der Waals surface area contributed by atoms with E-state index in [0.29, 0.717) is 0 Å². The molecule has 0 aliphatic heterocycles. The molecule has 0 bridgehead atoms. The highest BCUT2D eigenvalue weighted by Crippen LogP contribution is 2.24. The van der Waals surface area contributed by atoms with Gasteiger partial charge in [0.15, 0.2) is 0 Å². The highest BCUT2D eigenvalue weighted by atomic mass is 33.1. The molecule has 0 spiro atoms. The van der Waals surface area contributed by atoms with Crippen LogP contribution in [-0.4, -0.2) is 71.1 Å². The Morgan fingerprint density at radius 1 is 0.711 bits per heavy atom. The molecule has 2 amide bonds. The van der Waals surface area contributed by atoms with Gasteiger partial charge in [-0.3, -0.25) is 0 Å². The van der Waals surface area contributed by atoms with Crippen molar-refractivity contribution in [3.05, 3.63) is 0 Å². The molecule has 0 aromatic heterocycles. The summed E-state index contributed by atoms with van der Waals surface area (Å²) in [7, 11) is 2.36. The van der Waals surface area contributed by atoms with Gasteiger partial charge in [-0.2, -0.15) is 0 Å². The molecule has 12 heteroatoms. The molecular weight excluding hydrogens is 532 g/mol. The van der Waals surface area contributed by atoms with Crippen molar-refractivity contribution in [1.82, 2.24) is 10.6 Å². The van der Waals surface area contributed by atoms with E-state index in [-0.39, 0.29) is 24.3 Å². The Balaban J connectivity index is 5.31. The average Bonchev–Trinajstić information content (AvgIpc) is 2.72. The lowest BCUT2D eigenvalue weighted by Gasteiger charge is -2.24. The number of ether oxygens (including phenoxy) is 4. The number of nitrogens with one attached hydrogen (secondary N) is 2. The number of esters is 2. The number of carbonyl (C=O) groups excluding carboxylic acids is 4. The van der Waals surface area contributed by atoms with Crippen LogP contribution in [-0.2, 0) is 28.5 Å². The van der Waals surface area contributed by atoms with E-state index >= 15 is 0 Å². The first-order chi connectivity index (χ1) is 17.5. The molecule has 38 heavy (non-hydrogen) atoms. The maximum absolute atomic E-state index is 12.7. The van der Waals surface area contributed by atoms with Gasteiger partial charge >= 0.3 is 24.1 Å². The topological polar surface area (TPSA) is 129 Å². The fourth-order valence-electron chi connectivity index (χ4n) is 2.45. The van der Waals surface area contributed by atoms with Crippen molar-refractivity contribution in [1.29, 1.82) is 0 Å². The molecule has 0 aromatic rings. The minimum atomic E-state index is -1.05. The Kier molecular flexibility index (Phi) is 15.8. The predicted molar refractivity (Wildman–Crippen MR) is 149 cm³/mol. The van der Waals surface area contributed by atoms with E-state index in [9.17, 15) is 19.2 Å². The van der Waals surface area contributed by atoms with Gasteiger partial charge in [-0.15, -0.1) is 24.7 Å². The molecule has 2 N–H and O–H groups in total. The van der Waals surface area contributed by atoms with Gasteiger partial charge in [-0.05, 0) is 55.4 Å². The predicted octanol–water partition coefficient (Wildman–Crippen LogP) is 4.06. The van der Waals surface area contributed by atoms with Crippen LogP contribution < -0.4 is 10.6 Å². The monoisotopic (exact) mass is 572 g/mol. The highest BCUT2D eigenvalue weighted by molar-refractivity contribution is 8.76. The second-order valence-corrected chi connectivity index (χ2v) is 12.8. The van der Waals surface area contributed by atoms with Crippen LogP contribution in [0.1, 0.15) is 68.2 Å². The van der Waals surface area contributed by atoms with Crippen LogP contribution in [0.5, 0.6) is 0 Å². The maximum Gasteiger partial charge on any atom is 0.408 e. The first-order valence-corrected chi connectivity index (χ1v) is 14.5. The minimum Gasteiger partial charge on any atom is -0.460 e. The van der Waals surface area contributed by atoms with Gasteiger partial charge in [-0.25, -0.2) is 19.2 Å². The standard InChI is InChI=1S/C26H40N2O8S2/c1-11-13-17(3)33-21(29)19(27-23(31)35-25(5,6)7)15-37-38-16-20(22(30)34-18(4)14-12-2)28-24(32)36-26(8,9)10/h1-2,17-20H,13-16H2,3-10H3,(H,27,31)(H,28,32)/t17-,18-,19-,20-/m0/s1. The lowest BCUT2D eigenvalue weighted by atomic mass is 10.2. The maximum atomic E-state index is 12.7. The van der Waals surface area contributed by atoms with Crippen LogP contribution in [0.25, 0.3) is 0 Å². The summed E-state index contributed by atoms with van der Waals surface area (Å²) in [5, 5.41) is 5.02. The van der Waals surface area contributed by atoms with E-state index in [2.05, 4.69) is 22.5 Å². The molecule has 0 saturated heterocycles. The smallest absolute Gasteiger partial charge is 0.408 e. The van der Waals surface area contributed by atoms with E-state index in [4.69, 9.17) is 31.8 Å². The molecule has 214 valence electrons. The van der Waals surface area contributed by atoms with E-state index in [0.717, 1.165) is 0 Å². The Morgan fingerprint density at radius 3 is 1.29 bits per heavy atom. The fourth-order valence-corrected chi connectivity index (χ4v) is 4.74. The van der Waals surface area contributed by atoms with Gasteiger partial charge in [-0.1, -0.05) is 21.6 Å². The van der Waals surface area contributed by atoms with Crippen molar-refractivity contribution in [3.63, 3.8) is 0 Å². The Morgan fingerprint density at radius 2 is 1.03 bits per heavy atom. The van der Waals surface area contributed by atoms with Crippen molar-refractivity contribution < 1.29 is 38.1 Å². The second kappa shape index (κ2) is 17.0. The Bertz CT molecular complexity index is 812. The lowest BCUT2D eigenvalue weighted by molar-refractivity contribution is -0.150. The van der Waals surface area contributed by atoms with Crippen molar-refractivity contribution in [3.8, 4) is 24.7 Å². The van der Waals surface area contributed by atoms with Crippen molar-refractivity contribution in [2.75, 3.05) is 11.5 Å². The number of hydrogen-bond acceptors (Lipinski definition) is 10. The van der Waals surface area contributed by atoms with Crippen LogP contribution in [0.3, 0.4) is 0 Å². The third-order valence-electron chi connectivity index (χ3n) is 3.95. The minimum absolute atomic E-state index is 0.0766. The van der Waals surface area contributed by atoms with Crippen molar-refractivity contribution in [2.45, 2.75) is 104 Å². The molecule has 10 nitrogen and oxygen atoms in total. The molecule has 4 atom stereocenters. The molecular formula is C26H40N2O8S2. The van der Waals surface area contributed by atoms with Gasteiger partial charge in [0, 0.05) is 24.3 Å². The zero-order valence-electron chi connectivity index (χ0n) is 23.4. The quantitative estimate of drug-likeness (QED) is 0.110. The van der Waals surface area contributed by atoms with E-state index in [1.807, 2.05) is 0 Å². The molecule has 0 heterocycles. The summed E-state index contributed by atoms with van der Waals surface area (Å²) in [6.45, 7) is 13.5. The number of rotatable bonds is 13. The largest absolute Gasteiger partial charge is 0.460 e. The fraction of sp³-hybridized carbons (Fsp3) is 0.692. The van der Waals surface area contributed by atoms with Crippen LogP contribution in [0.15, 0.2) is 0 Å². The number of alkyl carbamates (subject to hydrolysis) is 2. The molecule has 0 unspecified atom stereocenters. The second-order valence-electron chi connectivity index (χ2n) is 10.3. The summed E-state index contributed by atoms with van der Waals surface area (Å²) < 4.78 is 21.1. The highest BCUT2D eigenvalue weighted by Gasteiger charge is 2.29. The van der Waals surface area contributed by atoms with Crippen LogP contribution in [0, 0.1) is 24.7 Å². The van der Waals surface area contributed by atoms with Crippen LogP contribution >= 0.6 is 21.6 Å². The zero-order valence-corrected chi connectivity index (χ0v) is 25.0. The normalized spacial score (nSPS) is 14.4. The molecule has 0 fully saturated rings. The van der Waals surface area contributed by atoms with Gasteiger partial charge in [0.05, 0.1) is 0 Å². The summed E-state index contributed by atoms with van der Waals surface area (Å²) in [6, 6.07) is -2.11. The summed E-state index contributed by atoms with van der Waals surface area (Å²) in [5.41, 5.74) is -1.54. The van der Waals surface area contributed by atoms with Crippen molar-refractivity contribution >= 4 is 45.7 Å². The lowest BCUT2D eigenvalue weighted by Crippen LogP contribution is -2.47. The molecule has 0 aliphatic rings. The molecule has 0 radical (unpaired) electrons. The zero-order chi connectivity index (χ0) is 29.5. The molecule has 0 aliphatic carbocycles. The average molecular weight is 573 g/mol. The van der Waals surface area contributed by atoms with Crippen LogP contribution in [0.4, 0.5) is 9.59 Å². The van der Waals surface area contributed by atoms with E-state index in [1.54, 1.807) is 55.4 Å². The SMILES string of the molecule is C#CC[C@H](C)OC(=O)[C@H](CSSC[C@H](NC(=O)OC(C)(C)C)C(=O)O[C@@H](C)CC#C)NC(=O)OC(C)(C)C. The third-order valence-corrected chi connectivity index (χ3v) is 6.37. The van der Waals surface area contributed by atoms with E-state index in [1.165, 1.54) is 21.6 Å². The molecule has 0 saturated carbocycles. The summed E-state index contributed by atoms with van der Waals surface area (Å²) in [6.07, 6.45) is 8.31. The van der Waals surface area contributed by atoms with Crippen molar-refractivity contribution in [2.24, 2.45) is 0 Å². The van der Waals surface area contributed by atoms with Crippen LogP contribution in [0.2, 0.25) is 0 Å². The molecule has 0 rings (SSSR count). The first-order valence-electron chi connectivity index (χ1n) is 12.0. The molecule has 0 aromatic carbocycles. The number of terminal acetylenes is 2. The van der Waals surface area contributed by atoms with Gasteiger partial charge < -0.3 is 29.6 Å². The number of carbonyl (C=O) groups is 4. The van der Waals surface area contributed by atoms with Gasteiger partial charge in [0.25, 0.3) is 0 Å². The van der Waals surface area contributed by atoms with Gasteiger partial charge in [0.2, 0.25) is 0 Å². The summed E-state index contributed by atoms with van der Waals surface area (Å²) in [4.78, 5) is 49.9. The summed E-state index contributed by atoms with van der Waals surface area (Å²) >= 11 is 0. The van der Waals surface area contributed by atoms with E-state index < -0.39 is 59.6 Å². The Labute approximate surface area is 234 Å². The number of amides is 2. The third kappa shape index (κ3) is 17.7. The first kappa shape index (κ1) is 35.3.